The number of rotatable bonds is 4. The molecule has 0 atom stereocenters. The van der Waals surface area contributed by atoms with Crippen LogP contribution in [0.25, 0.3) is 0 Å². The smallest absolute Gasteiger partial charge is 0.0862 e. The lowest BCUT2D eigenvalue weighted by Crippen LogP contribution is -2.43. The minimum absolute atomic E-state index is 0.136. The zero-order valence-corrected chi connectivity index (χ0v) is 10.5. The van der Waals surface area contributed by atoms with Gasteiger partial charge in [0.15, 0.2) is 0 Å². The summed E-state index contributed by atoms with van der Waals surface area (Å²) in [7, 11) is -0.562. The molecule has 0 rings (SSSR count). The Bertz CT molecular complexity index is 84.1. The maximum Gasteiger partial charge on any atom is 0.0862 e. The molecule has 0 unspecified atom stereocenters. The lowest BCUT2D eigenvalue weighted by Gasteiger charge is -2.25. The van der Waals surface area contributed by atoms with Crippen LogP contribution in [0.5, 0.6) is 0 Å². The van der Waals surface area contributed by atoms with Gasteiger partial charge in [0.2, 0.25) is 0 Å². The number of hydrogen-bond donors (Lipinski definition) is 0. The van der Waals surface area contributed by atoms with Crippen molar-refractivity contribution in [2.45, 2.75) is 33.5 Å². The zero-order valence-electron chi connectivity index (χ0n) is 8.07. The Kier molecular flexibility index (Phi) is 4.48. The van der Waals surface area contributed by atoms with E-state index in [0.29, 0.717) is 0 Å². The summed E-state index contributed by atoms with van der Waals surface area (Å²) in [5.74, 6) is 0. The van der Waals surface area contributed by atoms with E-state index in [1.165, 1.54) is 13.1 Å². The molecule has 0 bridgehead atoms. The first kappa shape index (κ1) is 10.4. The molecule has 0 aromatic rings. The molecule has 3 heteroatoms. The standard InChI is InChI=1S/C7H21NSi2/c1-6-8(7-2)9-10(3,4)5/h6-7,9H2,1-5H3. The van der Waals surface area contributed by atoms with Gasteiger partial charge in [0.1, 0.15) is 0 Å². The zero-order chi connectivity index (χ0) is 8.20. The van der Waals surface area contributed by atoms with Gasteiger partial charge < -0.3 is 4.57 Å². The van der Waals surface area contributed by atoms with Gasteiger partial charge in [-0.15, -0.1) is 0 Å². The number of nitrogens with zero attached hydrogens (tertiary/aromatic N) is 1. The van der Waals surface area contributed by atoms with E-state index in [1.807, 2.05) is 0 Å². The molecular formula is C7H21NSi2. The first-order valence-electron chi connectivity index (χ1n) is 4.22. The van der Waals surface area contributed by atoms with Crippen LogP contribution in [0.1, 0.15) is 13.8 Å². The summed E-state index contributed by atoms with van der Waals surface area (Å²) in [4.78, 5) is 0. The van der Waals surface area contributed by atoms with Crippen LogP contribution in [-0.2, 0) is 0 Å². The molecule has 0 aromatic carbocycles. The minimum atomic E-state index is -0.697. The van der Waals surface area contributed by atoms with Crippen molar-refractivity contribution >= 4 is 16.8 Å². The highest BCUT2D eigenvalue weighted by molar-refractivity contribution is 7.22. The molecule has 10 heavy (non-hydrogen) atoms. The van der Waals surface area contributed by atoms with Crippen LogP contribution in [0.4, 0.5) is 0 Å². The highest BCUT2D eigenvalue weighted by Gasteiger charge is 2.16. The quantitative estimate of drug-likeness (QED) is 0.581. The average Bonchev–Trinajstić information content (AvgIpc) is 1.81. The fourth-order valence-corrected chi connectivity index (χ4v) is 8.27. The molecule has 0 spiro atoms. The van der Waals surface area contributed by atoms with E-state index >= 15 is 0 Å². The van der Waals surface area contributed by atoms with E-state index in [2.05, 4.69) is 38.1 Å². The topological polar surface area (TPSA) is 3.24 Å². The molecule has 0 saturated carbocycles. The SMILES string of the molecule is CCN(CC)[SiH2][Si](C)(C)C. The molecule has 0 aromatic heterocycles. The fourth-order valence-electron chi connectivity index (χ4n) is 1.12. The minimum Gasteiger partial charge on any atom is -0.332 e. The summed E-state index contributed by atoms with van der Waals surface area (Å²) in [6.45, 7) is 14.5. The number of hydrogen-bond acceptors (Lipinski definition) is 1. The second-order valence-corrected chi connectivity index (χ2v) is 17.7. The first-order chi connectivity index (χ1) is 4.49. The highest BCUT2D eigenvalue weighted by atomic mass is 29.2. The van der Waals surface area contributed by atoms with Crippen LogP contribution in [0, 0.1) is 0 Å². The van der Waals surface area contributed by atoms with Crippen molar-refractivity contribution in [1.29, 1.82) is 0 Å². The van der Waals surface area contributed by atoms with Gasteiger partial charge >= 0.3 is 0 Å². The van der Waals surface area contributed by atoms with Crippen LogP contribution in [0.2, 0.25) is 19.6 Å². The Balaban J connectivity index is 3.63. The summed E-state index contributed by atoms with van der Waals surface area (Å²) in [5, 5.41) is 0. The summed E-state index contributed by atoms with van der Waals surface area (Å²) < 4.78 is 2.66. The molecular weight excluding hydrogens is 154 g/mol. The third-order valence-corrected chi connectivity index (χ3v) is 8.07. The molecule has 0 N–H and O–H groups in total. The van der Waals surface area contributed by atoms with E-state index in [4.69, 9.17) is 0 Å². The fraction of sp³-hybridized carbons (Fsp3) is 1.00. The highest BCUT2D eigenvalue weighted by Crippen LogP contribution is 2.00. The predicted molar refractivity (Wildman–Crippen MR) is 54.8 cm³/mol. The third-order valence-electron chi connectivity index (χ3n) is 1.59. The third kappa shape index (κ3) is 5.20. The Hall–Kier alpha value is 0.394. The van der Waals surface area contributed by atoms with Crippen molar-refractivity contribution in [2.75, 3.05) is 13.1 Å². The van der Waals surface area contributed by atoms with Crippen molar-refractivity contribution in [3.63, 3.8) is 0 Å². The van der Waals surface area contributed by atoms with Crippen LogP contribution < -0.4 is 0 Å². The molecule has 0 radical (unpaired) electrons. The molecule has 0 aliphatic heterocycles. The summed E-state index contributed by atoms with van der Waals surface area (Å²) >= 11 is 0. The molecule has 0 amide bonds. The summed E-state index contributed by atoms with van der Waals surface area (Å²) in [6, 6.07) is 0. The second kappa shape index (κ2) is 4.31. The van der Waals surface area contributed by atoms with Crippen LogP contribution >= 0.6 is 0 Å². The molecule has 0 fully saturated rings. The van der Waals surface area contributed by atoms with Gasteiger partial charge in [0, 0.05) is 7.59 Å². The summed E-state index contributed by atoms with van der Waals surface area (Å²) in [5.41, 5.74) is 0. The monoisotopic (exact) mass is 175 g/mol. The Morgan fingerprint density at radius 2 is 1.50 bits per heavy atom. The van der Waals surface area contributed by atoms with Gasteiger partial charge in [-0.2, -0.15) is 0 Å². The van der Waals surface area contributed by atoms with Crippen molar-refractivity contribution < 1.29 is 0 Å². The van der Waals surface area contributed by atoms with E-state index in [1.54, 1.807) is 0 Å². The van der Waals surface area contributed by atoms with E-state index in [9.17, 15) is 0 Å². The Labute approximate surface area is 68.5 Å². The Morgan fingerprint density at radius 3 is 1.60 bits per heavy atom. The molecule has 0 saturated heterocycles. The lowest BCUT2D eigenvalue weighted by molar-refractivity contribution is 0.500. The lowest BCUT2D eigenvalue weighted by atomic mass is 10.7. The molecule has 62 valence electrons. The van der Waals surface area contributed by atoms with Crippen LogP contribution in [0.3, 0.4) is 0 Å². The summed E-state index contributed by atoms with van der Waals surface area (Å²) in [6.07, 6.45) is 0. The normalized spacial score (nSPS) is 13.8. The van der Waals surface area contributed by atoms with Crippen molar-refractivity contribution in [2.24, 2.45) is 0 Å². The predicted octanol–water partition coefficient (Wildman–Crippen LogP) is 1.25. The van der Waals surface area contributed by atoms with E-state index in [0.717, 1.165) is 0 Å². The van der Waals surface area contributed by atoms with Crippen LogP contribution in [0.15, 0.2) is 0 Å². The second-order valence-electron chi connectivity index (χ2n) is 4.02. The van der Waals surface area contributed by atoms with Gasteiger partial charge in [-0.25, -0.2) is 0 Å². The largest absolute Gasteiger partial charge is 0.332 e. The van der Waals surface area contributed by atoms with Gasteiger partial charge in [-0.05, 0) is 13.1 Å². The molecule has 1 nitrogen and oxygen atoms in total. The van der Waals surface area contributed by atoms with Gasteiger partial charge in [-0.3, -0.25) is 0 Å². The van der Waals surface area contributed by atoms with E-state index < -0.39 is 7.59 Å². The van der Waals surface area contributed by atoms with Crippen molar-refractivity contribution in [3.05, 3.63) is 0 Å². The van der Waals surface area contributed by atoms with E-state index in [-0.39, 0.29) is 9.20 Å². The van der Waals surface area contributed by atoms with Crippen LogP contribution in [-0.4, -0.2) is 34.4 Å². The average molecular weight is 175 g/mol. The maximum atomic E-state index is 2.66. The molecule has 0 heterocycles. The Morgan fingerprint density at radius 1 is 1.10 bits per heavy atom. The molecule has 0 aliphatic rings. The van der Waals surface area contributed by atoms with Gasteiger partial charge in [0.05, 0.1) is 9.20 Å². The van der Waals surface area contributed by atoms with Crippen molar-refractivity contribution in [1.82, 2.24) is 4.57 Å². The first-order valence-corrected chi connectivity index (χ1v) is 10.7. The van der Waals surface area contributed by atoms with Crippen molar-refractivity contribution in [3.8, 4) is 0 Å². The van der Waals surface area contributed by atoms with Gasteiger partial charge in [0.25, 0.3) is 0 Å². The van der Waals surface area contributed by atoms with Gasteiger partial charge in [-0.1, -0.05) is 33.5 Å². The maximum absolute atomic E-state index is 2.66. The molecule has 0 aliphatic carbocycles.